The number of aryl methyl sites for hydroxylation is 1. The third-order valence-corrected chi connectivity index (χ3v) is 3.60. The molecule has 2 aromatic carbocycles. The molecule has 1 heterocycles. The molecule has 0 saturated heterocycles. The van der Waals surface area contributed by atoms with Gasteiger partial charge < -0.3 is 10.5 Å². The number of ether oxygens (including phenoxy) is 1. The maximum atomic E-state index is 14.0. The fraction of sp³-hybridized carbons (Fsp3) is 0.250. The van der Waals surface area contributed by atoms with E-state index in [-0.39, 0.29) is 5.82 Å². The maximum Gasteiger partial charge on any atom is 0.128 e. The Morgan fingerprint density at radius 3 is 2.68 bits per heavy atom. The van der Waals surface area contributed by atoms with Gasteiger partial charge in [-0.2, -0.15) is 0 Å². The number of fused-ring (bicyclic) bond motifs is 1. The number of hydrogen-bond acceptors (Lipinski definition) is 2. The van der Waals surface area contributed by atoms with Crippen molar-refractivity contribution in [2.75, 3.05) is 0 Å². The van der Waals surface area contributed by atoms with Gasteiger partial charge in [0.05, 0.1) is 19.3 Å². The normalized spacial score (nSPS) is 15.3. The molecule has 0 saturated carbocycles. The van der Waals surface area contributed by atoms with Gasteiger partial charge in [0, 0.05) is 5.56 Å². The molecule has 3 rings (SSSR count). The molecular formula is C16H16FNO. The molecule has 3 heteroatoms. The van der Waals surface area contributed by atoms with Crippen LogP contribution in [0.5, 0.6) is 0 Å². The van der Waals surface area contributed by atoms with Gasteiger partial charge >= 0.3 is 0 Å². The molecule has 0 amide bonds. The lowest BCUT2D eigenvalue weighted by atomic mass is 9.95. The van der Waals surface area contributed by atoms with E-state index in [0.717, 1.165) is 16.7 Å². The first-order valence-corrected chi connectivity index (χ1v) is 6.36. The molecule has 2 aromatic rings. The summed E-state index contributed by atoms with van der Waals surface area (Å²) in [4.78, 5) is 0. The van der Waals surface area contributed by atoms with Crippen molar-refractivity contribution >= 4 is 0 Å². The van der Waals surface area contributed by atoms with Gasteiger partial charge in [-0.05, 0) is 35.2 Å². The molecule has 2 N–H and O–H groups in total. The topological polar surface area (TPSA) is 35.2 Å². The van der Waals surface area contributed by atoms with E-state index in [1.54, 1.807) is 6.07 Å². The number of halogens is 1. The summed E-state index contributed by atoms with van der Waals surface area (Å²) in [6, 6.07) is 10.7. The van der Waals surface area contributed by atoms with Crippen LogP contribution in [0.15, 0.2) is 36.4 Å². The summed E-state index contributed by atoms with van der Waals surface area (Å²) in [6.07, 6.45) is 0. The highest BCUT2D eigenvalue weighted by atomic mass is 19.1. The van der Waals surface area contributed by atoms with Gasteiger partial charge in [0.2, 0.25) is 0 Å². The van der Waals surface area contributed by atoms with E-state index in [9.17, 15) is 4.39 Å². The van der Waals surface area contributed by atoms with Gasteiger partial charge in [-0.3, -0.25) is 0 Å². The fourth-order valence-electron chi connectivity index (χ4n) is 2.45. The van der Waals surface area contributed by atoms with Crippen LogP contribution in [0, 0.1) is 12.7 Å². The maximum absolute atomic E-state index is 14.0. The van der Waals surface area contributed by atoms with Crippen molar-refractivity contribution in [1.82, 2.24) is 0 Å². The number of nitrogens with two attached hydrogens (primary N) is 1. The second-order valence-corrected chi connectivity index (χ2v) is 5.02. The van der Waals surface area contributed by atoms with Crippen molar-refractivity contribution in [3.8, 4) is 0 Å². The Labute approximate surface area is 112 Å². The molecule has 0 fully saturated rings. The minimum Gasteiger partial charge on any atom is -0.372 e. The molecule has 1 aliphatic heterocycles. The lowest BCUT2D eigenvalue weighted by Crippen LogP contribution is -2.14. The van der Waals surface area contributed by atoms with Crippen molar-refractivity contribution < 1.29 is 9.13 Å². The Hall–Kier alpha value is -1.71. The Balaban J connectivity index is 1.97. The number of benzene rings is 2. The van der Waals surface area contributed by atoms with E-state index in [1.807, 2.05) is 31.2 Å². The Bertz CT molecular complexity index is 624. The molecule has 0 spiro atoms. The average molecular weight is 257 g/mol. The monoisotopic (exact) mass is 257 g/mol. The Morgan fingerprint density at radius 1 is 1.11 bits per heavy atom. The zero-order valence-corrected chi connectivity index (χ0v) is 10.8. The highest BCUT2D eigenvalue weighted by Crippen LogP contribution is 2.27. The minimum atomic E-state index is -0.438. The van der Waals surface area contributed by atoms with Crippen LogP contribution in [0.25, 0.3) is 0 Å². The Kier molecular flexibility index (Phi) is 3.09. The van der Waals surface area contributed by atoms with Gasteiger partial charge in [0.15, 0.2) is 0 Å². The molecule has 0 radical (unpaired) electrons. The predicted molar refractivity (Wildman–Crippen MR) is 72.1 cm³/mol. The highest BCUT2D eigenvalue weighted by Gasteiger charge is 2.17. The third-order valence-electron chi connectivity index (χ3n) is 3.60. The van der Waals surface area contributed by atoms with Crippen LogP contribution in [0.3, 0.4) is 0 Å². The van der Waals surface area contributed by atoms with Crippen LogP contribution in [0.1, 0.15) is 33.9 Å². The van der Waals surface area contributed by atoms with Gasteiger partial charge in [-0.15, -0.1) is 0 Å². The second kappa shape index (κ2) is 4.76. The van der Waals surface area contributed by atoms with Crippen LogP contribution >= 0.6 is 0 Å². The summed E-state index contributed by atoms with van der Waals surface area (Å²) < 4.78 is 19.3. The minimum absolute atomic E-state index is 0.246. The van der Waals surface area contributed by atoms with Crippen molar-refractivity contribution in [1.29, 1.82) is 0 Å². The molecule has 1 atom stereocenters. The predicted octanol–water partition coefficient (Wildman–Crippen LogP) is 3.21. The molecular weight excluding hydrogens is 241 g/mol. The van der Waals surface area contributed by atoms with Gasteiger partial charge in [0.25, 0.3) is 0 Å². The first kappa shape index (κ1) is 12.3. The van der Waals surface area contributed by atoms with Gasteiger partial charge in [-0.1, -0.05) is 30.3 Å². The number of hydrogen-bond donors (Lipinski definition) is 1. The van der Waals surface area contributed by atoms with E-state index < -0.39 is 6.04 Å². The molecule has 0 aromatic heterocycles. The van der Waals surface area contributed by atoms with Crippen LogP contribution < -0.4 is 5.73 Å². The van der Waals surface area contributed by atoms with Crippen molar-refractivity contribution in [2.24, 2.45) is 5.73 Å². The van der Waals surface area contributed by atoms with E-state index in [0.29, 0.717) is 18.8 Å². The summed E-state index contributed by atoms with van der Waals surface area (Å²) in [6.45, 7) is 3.14. The van der Waals surface area contributed by atoms with E-state index >= 15 is 0 Å². The molecule has 2 nitrogen and oxygen atoms in total. The fourth-order valence-corrected chi connectivity index (χ4v) is 2.45. The van der Waals surface area contributed by atoms with Crippen molar-refractivity contribution in [3.05, 3.63) is 70.0 Å². The standard InChI is InChI=1S/C16H16FNO/c1-10-2-5-14(15(17)6-10)16(18)11-3-4-12-8-19-9-13(12)7-11/h2-7,16H,8-9,18H2,1H3. The summed E-state index contributed by atoms with van der Waals surface area (Å²) >= 11 is 0. The van der Waals surface area contributed by atoms with Crippen LogP contribution in [0.2, 0.25) is 0 Å². The zero-order chi connectivity index (χ0) is 13.4. The molecule has 1 unspecified atom stereocenters. The summed E-state index contributed by atoms with van der Waals surface area (Å²) in [5.74, 6) is -0.246. The SMILES string of the molecule is Cc1ccc(C(N)c2ccc3c(c2)COC3)c(F)c1. The molecule has 0 bridgehead atoms. The van der Waals surface area contributed by atoms with E-state index in [2.05, 4.69) is 0 Å². The van der Waals surface area contributed by atoms with Gasteiger partial charge in [-0.25, -0.2) is 4.39 Å². The van der Waals surface area contributed by atoms with Gasteiger partial charge in [0.1, 0.15) is 5.82 Å². The van der Waals surface area contributed by atoms with E-state index in [1.165, 1.54) is 11.6 Å². The summed E-state index contributed by atoms with van der Waals surface area (Å²) in [5, 5.41) is 0. The van der Waals surface area contributed by atoms with Crippen LogP contribution in [0.4, 0.5) is 4.39 Å². The third kappa shape index (κ3) is 2.27. The lowest BCUT2D eigenvalue weighted by Gasteiger charge is -2.15. The zero-order valence-electron chi connectivity index (χ0n) is 10.8. The quantitative estimate of drug-likeness (QED) is 0.896. The lowest BCUT2D eigenvalue weighted by molar-refractivity contribution is 0.134. The molecule has 98 valence electrons. The average Bonchev–Trinajstić information content (AvgIpc) is 2.85. The highest BCUT2D eigenvalue weighted by molar-refractivity contribution is 5.39. The molecule has 0 aliphatic carbocycles. The molecule has 19 heavy (non-hydrogen) atoms. The van der Waals surface area contributed by atoms with Crippen LogP contribution in [-0.4, -0.2) is 0 Å². The first-order chi connectivity index (χ1) is 9.15. The summed E-state index contributed by atoms with van der Waals surface area (Å²) in [5.41, 5.74) is 10.9. The van der Waals surface area contributed by atoms with Crippen molar-refractivity contribution in [2.45, 2.75) is 26.2 Å². The Morgan fingerprint density at radius 2 is 1.89 bits per heavy atom. The largest absolute Gasteiger partial charge is 0.372 e. The smallest absolute Gasteiger partial charge is 0.128 e. The second-order valence-electron chi connectivity index (χ2n) is 5.02. The van der Waals surface area contributed by atoms with Crippen LogP contribution in [-0.2, 0) is 18.0 Å². The van der Waals surface area contributed by atoms with E-state index in [4.69, 9.17) is 10.5 Å². The number of rotatable bonds is 2. The van der Waals surface area contributed by atoms with Crippen molar-refractivity contribution in [3.63, 3.8) is 0 Å². The first-order valence-electron chi connectivity index (χ1n) is 6.36. The summed E-state index contributed by atoms with van der Waals surface area (Å²) in [7, 11) is 0. The molecule has 1 aliphatic rings.